The van der Waals surface area contributed by atoms with Gasteiger partial charge in [-0.1, -0.05) is 84.0 Å². The van der Waals surface area contributed by atoms with Crippen LogP contribution in [0.5, 0.6) is 0 Å². The van der Waals surface area contributed by atoms with E-state index in [1.54, 1.807) is 0 Å². The Bertz CT molecular complexity index is 483. The van der Waals surface area contributed by atoms with Gasteiger partial charge < -0.3 is 0 Å². The third-order valence-corrected chi connectivity index (χ3v) is 8.55. The molecule has 90 valence electrons. The first-order valence-electron chi connectivity index (χ1n) is 6.38. The van der Waals surface area contributed by atoms with Crippen LogP contribution in [0.25, 0.3) is 0 Å². The van der Waals surface area contributed by atoms with Gasteiger partial charge in [-0.15, -0.1) is 12.3 Å². The lowest BCUT2D eigenvalue weighted by molar-refractivity contribution is 1.36. The third-order valence-electron chi connectivity index (χ3n) is 3.66. The standard InChI is InChI=1S/C17H18Si/c1-3-15-18(4-2,16-11-7-5-8-12-16)17-13-9-6-10-14-17/h1,5-14H,4,15H2,2H3. The van der Waals surface area contributed by atoms with Crippen LogP contribution in [0.4, 0.5) is 0 Å². The van der Waals surface area contributed by atoms with Crippen molar-refractivity contribution < 1.29 is 0 Å². The predicted molar refractivity (Wildman–Crippen MR) is 82.0 cm³/mol. The molecule has 0 aliphatic rings. The van der Waals surface area contributed by atoms with E-state index in [4.69, 9.17) is 6.42 Å². The van der Waals surface area contributed by atoms with Crippen LogP contribution in [0.15, 0.2) is 60.7 Å². The van der Waals surface area contributed by atoms with Crippen molar-refractivity contribution in [3.63, 3.8) is 0 Å². The summed E-state index contributed by atoms with van der Waals surface area (Å²) in [6.45, 7) is 2.27. The quantitative estimate of drug-likeness (QED) is 0.578. The summed E-state index contributed by atoms with van der Waals surface area (Å²) in [6, 6.07) is 23.6. The van der Waals surface area contributed by atoms with Crippen molar-refractivity contribution >= 4 is 18.4 Å². The molecule has 18 heavy (non-hydrogen) atoms. The van der Waals surface area contributed by atoms with Crippen molar-refractivity contribution in [3.05, 3.63) is 60.7 Å². The minimum atomic E-state index is -1.76. The predicted octanol–water partition coefficient (Wildman–Crippen LogP) is 2.90. The maximum absolute atomic E-state index is 5.65. The minimum Gasteiger partial charge on any atom is -0.120 e. The molecule has 0 aliphatic heterocycles. The highest BCUT2D eigenvalue weighted by Gasteiger charge is 2.34. The Hall–Kier alpha value is -1.78. The molecule has 0 bridgehead atoms. The van der Waals surface area contributed by atoms with Gasteiger partial charge in [-0.05, 0) is 0 Å². The second-order valence-corrected chi connectivity index (χ2v) is 8.93. The van der Waals surface area contributed by atoms with Crippen LogP contribution >= 0.6 is 0 Å². The molecule has 0 radical (unpaired) electrons. The fraction of sp³-hybridized carbons (Fsp3) is 0.176. The lowest BCUT2D eigenvalue weighted by Crippen LogP contribution is -2.57. The molecule has 0 amide bonds. The highest BCUT2D eigenvalue weighted by Crippen LogP contribution is 2.15. The largest absolute Gasteiger partial charge is 0.129 e. The molecule has 2 rings (SSSR count). The van der Waals surface area contributed by atoms with Crippen molar-refractivity contribution in [1.82, 2.24) is 0 Å². The molecule has 0 aromatic heterocycles. The van der Waals surface area contributed by atoms with Gasteiger partial charge >= 0.3 is 0 Å². The van der Waals surface area contributed by atoms with E-state index < -0.39 is 8.07 Å². The summed E-state index contributed by atoms with van der Waals surface area (Å²) >= 11 is 0. The second kappa shape index (κ2) is 5.71. The molecule has 1 heteroatoms. The molecule has 0 saturated heterocycles. The normalized spacial score (nSPS) is 10.9. The Kier molecular flexibility index (Phi) is 4.02. The molecular weight excluding hydrogens is 232 g/mol. The van der Waals surface area contributed by atoms with E-state index in [9.17, 15) is 0 Å². The van der Waals surface area contributed by atoms with Gasteiger partial charge in [0.05, 0.1) is 0 Å². The molecule has 0 fully saturated rings. The molecule has 0 aliphatic carbocycles. The summed E-state index contributed by atoms with van der Waals surface area (Å²) in [6.07, 6.45) is 5.65. The van der Waals surface area contributed by atoms with Crippen molar-refractivity contribution in [2.45, 2.75) is 19.0 Å². The van der Waals surface area contributed by atoms with Crippen molar-refractivity contribution in [2.75, 3.05) is 0 Å². The first kappa shape index (κ1) is 12.7. The molecule has 0 unspecified atom stereocenters. The average molecular weight is 250 g/mol. The zero-order valence-corrected chi connectivity index (χ0v) is 11.8. The highest BCUT2D eigenvalue weighted by molar-refractivity contribution is 7.02. The molecular formula is C17H18Si. The molecule has 0 atom stereocenters. The molecule has 0 nitrogen and oxygen atoms in total. The second-order valence-electron chi connectivity index (χ2n) is 4.55. The van der Waals surface area contributed by atoms with E-state index in [0.717, 1.165) is 12.1 Å². The van der Waals surface area contributed by atoms with Crippen LogP contribution in [0, 0.1) is 12.3 Å². The Morgan fingerprint density at radius 1 is 0.889 bits per heavy atom. The van der Waals surface area contributed by atoms with E-state index >= 15 is 0 Å². The zero-order chi connectivity index (χ0) is 12.8. The smallest absolute Gasteiger partial charge is 0.120 e. The van der Waals surface area contributed by atoms with Crippen molar-refractivity contribution in [1.29, 1.82) is 0 Å². The van der Waals surface area contributed by atoms with Gasteiger partial charge in [0.1, 0.15) is 8.07 Å². The third kappa shape index (κ3) is 2.25. The molecule has 0 heterocycles. The topological polar surface area (TPSA) is 0 Å². The van der Waals surface area contributed by atoms with Crippen LogP contribution in [-0.2, 0) is 0 Å². The maximum Gasteiger partial charge on any atom is 0.129 e. The first-order valence-corrected chi connectivity index (χ1v) is 8.79. The number of hydrogen-bond acceptors (Lipinski definition) is 0. The monoisotopic (exact) mass is 250 g/mol. The van der Waals surface area contributed by atoms with E-state index in [2.05, 4.69) is 73.5 Å². The molecule has 0 spiro atoms. The summed E-state index contributed by atoms with van der Waals surface area (Å²) in [5.74, 6) is 2.92. The number of terminal acetylenes is 1. The van der Waals surface area contributed by atoms with E-state index in [-0.39, 0.29) is 0 Å². The summed E-state index contributed by atoms with van der Waals surface area (Å²) in [5, 5.41) is 2.88. The van der Waals surface area contributed by atoms with Gasteiger partial charge in [0.15, 0.2) is 0 Å². The zero-order valence-electron chi connectivity index (χ0n) is 10.8. The molecule has 2 aromatic rings. The fourth-order valence-electron chi connectivity index (χ4n) is 2.59. The van der Waals surface area contributed by atoms with Gasteiger partial charge in [0.2, 0.25) is 0 Å². The number of hydrogen-bond donors (Lipinski definition) is 0. The molecule has 2 aromatic carbocycles. The van der Waals surface area contributed by atoms with E-state index in [1.807, 2.05) is 0 Å². The summed E-state index contributed by atoms with van der Waals surface area (Å²) in [5.41, 5.74) is 0. The van der Waals surface area contributed by atoms with Crippen LogP contribution in [-0.4, -0.2) is 8.07 Å². The average Bonchev–Trinajstić information content (AvgIpc) is 2.47. The highest BCUT2D eigenvalue weighted by atomic mass is 28.3. The Labute approximate surface area is 111 Å². The Morgan fingerprint density at radius 2 is 1.33 bits per heavy atom. The van der Waals surface area contributed by atoms with E-state index in [0.29, 0.717) is 0 Å². The van der Waals surface area contributed by atoms with Crippen LogP contribution in [0.3, 0.4) is 0 Å². The number of rotatable bonds is 4. The lowest BCUT2D eigenvalue weighted by Gasteiger charge is -2.30. The first-order chi connectivity index (χ1) is 8.83. The SMILES string of the molecule is C#CC[Si](CC)(c1ccccc1)c1ccccc1. The van der Waals surface area contributed by atoms with Gasteiger partial charge in [-0.2, -0.15) is 0 Å². The van der Waals surface area contributed by atoms with Crippen LogP contribution in [0.1, 0.15) is 6.92 Å². The molecule has 0 N–H and O–H groups in total. The van der Waals surface area contributed by atoms with Gasteiger partial charge in [-0.3, -0.25) is 0 Å². The van der Waals surface area contributed by atoms with Crippen LogP contribution in [0.2, 0.25) is 12.1 Å². The summed E-state index contributed by atoms with van der Waals surface area (Å²) in [7, 11) is -1.76. The lowest BCUT2D eigenvalue weighted by atomic mass is 10.4. The minimum absolute atomic E-state index is 0.873. The molecule has 0 saturated carbocycles. The van der Waals surface area contributed by atoms with Gasteiger partial charge in [0.25, 0.3) is 0 Å². The van der Waals surface area contributed by atoms with Crippen molar-refractivity contribution in [2.24, 2.45) is 0 Å². The van der Waals surface area contributed by atoms with Crippen LogP contribution < -0.4 is 10.4 Å². The summed E-state index contributed by atoms with van der Waals surface area (Å²) < 4.78 is 0. The Balaban J connectivity index is 2.58. The van der Waals surface area contributed by atoms with Gasteiger partial charge in [-0.25, -0.2) is 0 Å². The van der Waals surface area contributed by atoms with Crippen molar-refractivity contribution in [3.8, 4) is 12.3 Å². The Morgan fingerprint density at radius 3 is 1.67 bits per heavy atom. The van der Waals surface area contributed by atoms with E-state index in [1.165, 1.54) is 10.4 Å². The van der Waals surface area contributed by atoms with Gasteiger partial charge in [0, 0.05) is 6.04 Å². The maximum atomic E-state index is 5.65. The number of benzene rings is 2. The summed E-state index contributed by atoms with van der Waals surface area (Å²) in [4.78, 5) is 0. The fourth-order valence-corrected chi connectivity index (χ4v) is 6.41.